The largest absolute Gasteiger partial charge is 0.376 e. The van der Waals surface area contributed by atoms with Crippen LogP contribution in [0.25, 0.3) is 6.08 Å². The van der Waals surface area contributed by atoms with Gasteiger partial charge in [0.25, 0.3) is 5.91 Å². The number of carbonyl (C=O) groups is 1. The van der Waals surface area contributed by atoms with Crippen LogP contribution in [-0.4, -0.2) is 23.2 Å². The van der Waals surface area contributed by atoms with E-state index in [1.165, 1.54) is 12.1 Å². The van der Waals surface area contributed by atoms with E-state index in [2.05, 4.69) is 9.88 Å². The quantitative estimate of drug-likeness (QED) is 0.621. The molecule has 1 amide bonds. The second kappa shape index (κ2) is 8.41. The third kappa shape index (κ3) is 4.32. The second-order valence-corrected chi connectivity index (χ2v) is 7.18. The number of benzene rings is 1. The van der Waals surface area contributed by atoms with Gasteiger partial charge in [0, 0.05) is 24.5 Å². The Morgan fingerprint density at radius 1 is 1.39 bits per heavy atom. The Hall–Kier alpha value is -2.91. The maximum Gasteiger partial charge on any atom is 0.266 e. The summed E-state index contributed by atoms with van der Waals surface area (Å²) in [6, 6.07) is 8.32. The fraction of sp³-hybridized carbons (Fsp3) is 0.364. The van der Waals surface area contributed by atoms with E-state index in [0.29, 0.717) is 0 Å². The van der Waals surface area contributed by atoms with Gasteiger partial charge in [-0.1, -0.05) is 6.07 Å². The Bertz CT molecular complexity index is 963. The zero-order chi connectivity index (χ0) is 20.3. The lowest BCUT2D eigenvalue weighted by atomic mass is 10.1. The smallest absolute Gasteiger partial charge is 0.266 e. The van der Waals surface area contributed by atoms with Crippen molar-refractivity contribution in [2.45, 2.75) is 46.3 Å². The molecular weight excluding hydrogens is 357 g/mol. The third-order valence-electron chi connectivity index (χ3n) is 5.06. The lowest BCUT2D eigenvalue weighted by molar-refractivity contribution is -0.112. The number of nitrogens with one attached hydrogen (secondary N) is 1. The topological polar surface area (TPSA) is 67.0 Å². The fourth-order valence-electron chi connectivity index (χ4n) is 3.48. The molecule has 0 aliphatic carbocycles. The average Bonchev–Trinajstić information content (AvgIpc) is 3.26. The van der Waals surface area contributed by atoms with Gasteiger partial charge in [-0.3, -0.25) is 4.79 Å². The summed E-state index contributed by atoms with van der Waals surface area (Å²) in [4.78, 5) is 12.5. The second-order valence-electron chi connectivity index (χ2n) is 7.18. The molecule has 1 fully saturated rings. The molecule has 0 radical (unpaired) electrons. The van der Waals surface area contributed by atoms with E-state index in [1.807, 2.05) is 26.0 Å². The number of amides is 1. The van der Waals surface area contributed by atoms with Gasteiger partial charge >= 0.3 is 0 Å². The minimum atomic E-state index is -0.629. The van der Waals surface area contributed by atoms with Crippen LogP contribution in [0.2, 0.25) is 0 Å². The first-order chi connectivity index (χ1) is 13.4. The molecule has 0 bridgehead atoms. The molecule has 1 atom stereocenters. The average molecular weight is 381 g/mol. The highest BCUT2D eigenvalue weighted by Crippen LogP contribution is 2.23. The summed E-state index contributed by atoms with van der Waals surface area (Å²) in [5, 5.41) is 11.9. The van der Waals surface area contributed by atoms with Crippen LogP contribution >= 0.6 is 0 Å². The Morgan fingerprint density at radius 3 is 2.86 bits per heavy atom. The first kappa shape index (κ1) is 19.8. The van der Waals surface area contributed by atoms with Gasteiger partial charge in [-0.2, -0.15) is 5.26 Å². The molecule has 5 nitrogen and oxygen atoms in total. The molecule has 1 N–H and O–H groups in total. The van der Waals surface area contributed by atoms with E-state index < -0.39 is 11.7 Å². The zero-order valence-electron chi connectivity index (χ0n) is 16.4. The number of aromatic nitrogens is 1. The van der Waals surface area contributed by atoms with Crippen molar-refractivity contribution in [3.63, 3.8) is 0 Å². The van der Waals surface area contributed by atoms with E-state index in [1.54, 1.807) is 19.1 Å². The van der Waals surface area contributed by atoms with Crippen LogP contribution in [0, 0.1) is 37.9 Å². The van der Waals surface area contributed by atoms with Crippen molar-refractivity contribution in [3.8, 4) is 6.07 Å². The summed E-state index contributed by atoms with van der Waals surface area (Å²) in [7, 11) is 0. The fourth-order valence-corrected chi connectivity index (χ4v) is 3.48. The van der Waals surface area contributed by atoms with Crippen LogP contribution in [-0.2, 0) is 16.1 Å². The molecule has 1 saturated heterocycles. The molecule has 0 saturated carbocycles. The van der Waals surface area contributed by atoms with Gasteiger partial charge in [0.1, 0.15) is 17.5 Å². The van der Waals surface area contributed by atoms with Gasteiger partial charge in [-0.25, -0.2) is 4.39 Å². The molecule has 1 aliphatic heterocycles. The summed E-state index contributed by atoms with van der Waals surface area (Å²) in [6.07, 6.45) is 3.86. The number of hydrogen-bond donors (Lipinski definition) is 1. The van der Waals surface area contributed by atoms with Crippen LogP contribution in [0.1, 0.15) is 35.4 Å². The van der Waals surface area contributed by atoms with Crippen molar-refractivity contribution in [3.05, 3.63) is 58.2 Å². The van der Waals surface area contributed by atoms with Crippen LogP contribution in [0.4, 0.5) is 10.1 Å². The first-order valence-corrected chi connectivity index (χ1v) is 9.36. The van der Waals surface area contributed by atoms with Gasteiger partial charge in [0.05, 0.1) is 11.8 Å². The van der Waals surface area contributed by atoms with Crippen molar-refractivity contribution in [1.29, 1.82) is 5.26 Å². The minimum absolute atomic E-state index is 0.0648. The van der Waals surface area contributed by atoms with Gasteiger partial charge in [-0.05, 0) is 69.0 Å². The van der Waals surface area contributed by atoms with Crippen molar-refractivity contribution < 1.29 is 13.9 Å². The van der Waals surface area contributed by atoms with E-state index >= 15 is 0 Å². The maximum absolute atomic E-state index is 13.9. The van der Waals surface area contributed by atoms with Crippen molar-refractivity contribution >= 4 is 17.7 Å². The van der Waals surface area contributed by atoms with E-state index in [9.17, 15) is 14.4 Å². The Balaban J connectivity index is 1.83. The molecule has 146 valence electrons. The number of hydrogen-bond acceptors (Lipinski definition) is 3. The number of aryl methyl sites for hydroxylation is 2. The number of nitrogens with zero attached hydrogens (tertiary/aromatic N) is 2. The maximum atomic E-state index is 13.9. The van der Waals surface area contributed by atoms with Gasteiger partial charge in [-0.15, -0.1) is 0 Å². The number of anilines is 1. The monoisotopic (exact) mass is 381 g/mol. The molecule has 1 aliphatic rings. The van der Waals surface area contributed by atoms with Crippen LogP contribution in [0.15, 0.2) is 29.8 Å². The predicted octanol–water partition coefficient (Wildman–Crippen LogP) is 4.28. The van der Waals surface area contributed by atoms with Gasteiger partial charge < -0.3 is 14.6 Å². The third-order valence-corrected chi connectivity index (χ3v) is 5.06. The number of nitriles is 1. The molecule has 3 rings (SSSR count). The number of halogens is 1. The highest BCUT2D eigenvalue weighted by Gasteiger charge is 2.19. The van der Waals surface area contributed by atoms with Crippen molar-refractivity contribution in [2.24, 2.45) is 0 Å². The Kier molecular flexibility index (Phi) is 5.96. The van der Waals surface area contributed by atoms with Crippen LogP contribution in [0.3, 0.4) is 0 Å². The Morgan fingerprint density at radius 2 is 2.18 bits per heavy atom. The van der Waals surface area contributed by atoms with Crippen molar-refractivity contribution in [1.82, 2.24) is 4.57 Å². The molecule has 0 spiro atoms. The number of carbonyl (C=O) groups excluding carboxylic acids is 1. The summed E-state index contributed by atoms with van der Waals surface area (Å²) < 4.78 is 21.8. The SMILES string of the molecule is Cc1ccc(F)c(NC(=O)/C(C#N)=C/c2cc(C)n(CC3CCCO3)c2C)c1. The lowest BCUT2D eigenvalue weighted by Gasteiger charge is -2.14. The normalized spacial score (nSPS) is 16.8. The number of rotatable bonds is 5. The highest BCUT2D eigenvalue weighted by molar-refractivity contribution is 6.09. The minimum Gasteiger partial charge on any atom is -0.376 e. The lowest BCUT2D eigenvalue weighted by Crippen LogP contribution is -2.17. The molecule has 1 aromatic heterocycles. The number of ether oxygens (including phenoxy) is 1. The van der Waals surface area contributed by atoms with E-state index in [4.69, 9.17) is 4.74 Å². The standard InChI is InChI=1S/C22H24FN3O2/c1-14-6-7-20(23)21(9-14)25-22(27)18(12-24)11-17-10-15(2)26(16(17)3)13-19-5-4-8-28-19/h6-7,9-11,19H,4-5,8,13H2,1-3H3,(H,25,27)/b18-11+. The summed E-state index contributed by atoms with van der Waals surface area (Å²) >= 11 is 0. The summed E-state index contributed by atoms with van der Waals surface area (Å²) in [5.74, 6) is -1.16. The molecule has 2 heterocycles. The molecule has 6 heteroatoms. The van der Waals surface area contributed by atoms with Crippen molar-refractivity contribution in [2.75, 3.05) is 11.9 Å². The highest BCUT2D eigenvalue weighted by atomic mass is 19.1. The molecular formula is C22H24FN3O2. The summed E-state index contributed by atoms with van der Waals surface area (Å²) in [6.45, 7) is 7.31. The Labute approximate surface area is 164 Å². The van der Waals surface area contributed by atoms with Crippen LogP contribution in [0.5, 0.6) is 0 Å². The van der Waals surface area contributed by atoms with Gasteiger partial charge in [0.15, 0.2) is 0 Å². The molecule has 28 heavy (non-hydrogen) atoms. The molecule has 1 unspecified atom stereocenters. The van der Waals surface area contributed by atoms with Crippen LogP contribution < -0.4 is 5.32 Å². The van der Waals surface area contributed by atoms with Gasteiger partial charge in [0.2, 0.25) is 0 Å². The molecule has 2 aromatic rings. The zero-order valence-corrected chi connectivity index (χ0v) is 16.4. The van der Waals surface area contributed by atoms with E-state index in [-0.39, 0.29) is 17.4 Å². The first-order valence-electron chi connectivity index (χ1n) is 9.36. The predicted molar refractivity (Wildman–Crippen MR) is 106 cm³/mol. The molecule has 1 aromatic carbocycles. The summed E-state index contributed by atoms with van der Waals surface area (Å²) in [5.41, 5.74) is 3.62. The van der Waals surface area contributed by atoms with E-state index in [0.717, 1.165) is 48.5 Å².